The fraction of sp³-hybridized carbons (Fsp3) is 0.172. The minimum Gasteiger partial charge on any atom is -0.490 e. The molecule has 0 amide bonds. The third kappa shape index (κ3) is 5.56. The van der Waals surface area contributed by atoms with E-state index in [0.29, 0.717) is 47.6 Å². The molecule has 1 N–H and O–H groups in total. The Kier molecular flexibility index (Phi) is 7.54. The molecule has 5 nitrogen and oxygen atoms in total. The number of rotatable bonds is 9. The summed E-state index contributed by atoms with van der Waals surface area (Å²) in [4.78, 5) is 7.85. The maximum absolute atomic E-state index is 9.89. The smallest absolute Gasteiger partial charge is 0.165 e. The molecule has 4 rings (SSSR count). The summed E-state index contributed by atoms with van der Waals surface area (Å²) in [6.07, 6.45) is 4.19. The Morgan fingerprint density at radius 2 is 1.97 bits per heavy atom. The van der Waals surface area contributed by atoms with Crippen LogP contribution in [-0.4, -0.2) is 16.6 Å². The summed E-state index contributed by atoms with van der Waals surface area (Å²) < 4.78 is 12.1. The molecule has 0 radical (unpaired) electrons. The molecule has 0 saturated heterocycles. The Bertz CT molecular complexity index is 1450. The molecule has 0 aliphatic rings. The van der Waals surface area contributed by atoms with Gasteiger partial charge in [-0.1, -0.05) is 41.9 Å². The van der Waals surface area contributed by atoms with Crippen molar-refractivity contribution in [2.45, 2.75) is 26.9 Å². The van der Waals surface area contributed by atoms with Crippen LogP contribution in [-0.2, 0) is 13.0 Å². The monoisotopic (exact) mass is 483 g/mol. The van der Waals surface area contributed by atoms with Crippen LogP contribution in [0.5, 0.6) is 11.5 Å². The first-order valence-electron chi connectivity index (χ1n) is 11.4. The van der Waals surface area contributed by atoms with Crippen molar-refractivity contribution in [2.75, 3.05) is 6.61 Å². The van der Waals surface area contributed by atoms with Crippen LogP contribution < -0.4 is 9.47 Å². The number of H-pyrrole nitrogens is 1. The van der Waals surface area contributed by atoms with Crippen LogP contribution in [0.1, 0.15) is 35.0 Å². The average molecular weight is 484 g/mol. The number of hydrogen-bond donors (Lipinski definition) is 1. The number of halogens is 1. The second-order valence-corrected chi connectivity index (χ2v) is 8.50. The number of ether oxygens (including phenoxy) is 2. The summed E-state index contributed by atoms with van der Waals surface area (Å²) in [5.41, 5.74) is 5.86. The number of hydrogen-bond acceptors (Lipinski definition) is 4. The molecule has 1 aromatic heterocycles. The van der Waals surface area contributed by atoms with E-state index >= 15 is 0 Å². The van der Waals surface area contributed by atoms with Crippen LogP contribution in [0.3, 0.4) is 0 Å². The molecule has 0 aliphatic heterocycles. The lowest BCUT2D eigenvalue weighted by molar-refractivity contribution is 0.267. The third-order valence-electron chi connectivity index (χ3n) is 5.47. The van der Waals surface area contributed by atoms with E-state index in [9.17, 15) is 5.26 Å². The second kappa shape index (κ2) is 10.9. The summed E-state index contributed by atoms with van der Waals surface area (Å²) in [5.74, 6) is 1.76. The van der Waals surface area contributed by atoms with Gasteiger partial charge in [-0.2, -0.15) is 5.26 Å². The molecule has 0 aliphatic carbocycles. The number of aryl methyl sites for hydroxylation is 1. The summed E-state index contributed by atoms with van der Waals surface area (Å²) >= 11 is 6.31. The number of allylic oxidation sites excluding steroid dienone is 2. The molecule has 0 unspecified atom stereocenters. The van der Waals surface area contributed by atoms with E-state index < -0.39 is 0 Å². The molecule has 3 aromatic carbocycles. The van der Waals surface area contributed by atoms with Crippen molar-refractivity contribution in [3.05, 3.63) is 100 Å². The van der Waals surface area contributed by atoms with Crippen molar-refractivity contribution in [1.82, 2.24) is 9.97 Å². The second-order valence-electron chi connectivity index (χ2n) is 8.09. The number of nitrogens with zero attached hydrogens (tertiary/aromatic N) is 2. The topological polar surface area (TPSA) is 70.9 Å². The number of nitriles is 1. The first kappa shape index (κ1) is 24.1. The quantitative estimate of drug-likeness (QED) is 0.200. The number of benzene rings is 3. The van der Waals surface area contributed by atoms with Gasteiger partial charge in [-0.25, -0.2) is 4.98 Å². The molecule has 0 saturated carbocycles. The number of imidazole rings is 1. The van der Waals surface area contributed by atoms with Gasteiger partial charge in [-0.05, 0) is 67.8 Å². The number of nitrogens with one attached hydrogen (secondary N) is 1. The number of aromatic nitrogens is 2. The van der Waals surface area contributed by atoms with Crippen LogP contribution in [0.25, 0.3) is 22.7 Å². The van der Waals surface area contributed by atoms with E-state index in [1.807, 2.05) is 74.5 Å². The first-order valence-corrected chi connectivity index (χ1v) is 11.8. The lowest BCUT2D eigenvalue weighted by atomic mass is 10.0. The van der Waals surface area contributed by atoms with Gasteiger partial charge in [-0.3, -0.25) is 0 Å². The fourth-order valence-electron chi connectivity index (χ4n) is 3.84. The van der Waals surface area contributed by atoms with E-state index in [0.717, 1.165) is 33.3 Å². The van der Waals surface area contributed by atoms with Crippen LogP contribution in [0.15, 0.2) is 67.3 Å². The van der Waals surface area contributed by atoms with Gasteiger partial charge in [0.2, 0.25) is 0 Å². The molecule has 0 bridgehead atoms. The van der Waals surface area contributed by atoms with Crippen LogP contribution in [0.2, 0.25) is 5.02 Å². The van der Waals surface area contributed by atoms with Crippen molar-refractivity contribution < 1.29 is 9.47 Å². The van der Waals surface area contributed by atoms with Crippen molar-refractivity contribution >= 4 is 34.3 Å². The Hall–Kier alpha value is -4.01. The highest BCUT2D eigenvalue weighted by Gasteiger charge is 2.15. The van der Waals surface area contributed by atoms with Gasteiger partial charge in [-0.15, -0.1) is 6.58 Å². The normalized spacial score (nSPS) is 11.3. The van der Waals surface area contributed by atoms with Crippen LogP contribution in [0, 0.1) is 18.3 Å². The van der Waals surface area contributed by atoms with Gasteiger partial charge in [0.25, 0.3) is 0 Å². The Morgan fingerprint density at radius 3 is 2.71 bits per heavy atom. The van der Waals surface area contributed by atoms with Crippen molar-refractivity contribution in [3.63, 3.8) is 0 Å². The fourth-order valence-corrected chi connectivity index (χ4v) is 4.03. The van der Waals surface area contributed by atoms with Crippen molar-refractivity contribution in [2.24, 2.45) is 0 Å². The van der Waals surface area contributed by atoms with E-state index in [1.165, 1.54) is 0 Å². The minimum atomic E-state index is 0.306. The van der Waals surface area contributed by atoms with E-state index in [2.05, 4.69) is 22.6 Å². The van der Waals surface area contributed by atoms with Gasteiger partial charge >= 0.3 is 0 Å². The molecular weight excluding hydrogens is 458 g/mol. The first-order chi connectivity index (χ1) is 17.0. The highest BCUT2D eigenvalue weighted by Crippen LogP contribution is 2.36. The lowest BCUT2D eigenvalue weighted by Gasteiger charge is -2.17. The third-order valence-corrected chi connectivity index (χ3v) is 5.84. The molecule has 6 heteroatoms. The molecule has 176 valence electrons. The highest BCUT2D eigenvalue weighted by atomic mass is 35.5. The maximum Gasteiger partial charge on any atom is 0.165 e. The largest absolute Gasteiger partial charge is 0.490 e. The molecule has 35 heavy (non-hydrogen) atoms. The Labute approximate surface area is 210 Å². The molecule has 0 fully saturated rings. The number of fused-ring (bicyclic) bond motifs is 1. The van der Waals surface area contributed by atoms with Gasteiger partial charge in [0.05, 0.1) is 23.2 Å². The highest BCUT2D eigenvalue weighted by molar-refractivity contribution is 6.31. The molecule has 0 spiro atoms. The van der Waals surface area contributed by atoms with Crippen LogP contribution in [0.4, 0.5) is 0 Å². The molecule has 1 heterocycles. The predicted molar refractivity (Wildman–Crippen MR) is 142 cm³/mol. The van der Waals surface area contributed by atoms with Crippen molar-refractivity contribution in [1.29, 1.82) is 5.26 Å². The number of aromatic amines is 1. The predicted octanol–water partition coefficient (Wildman–Crippen LogP) is 7.30. The summed E-state index contributed by atoms with van der Waals surface area (Å²) in [6, 6.07) is 19.7. The van der Waals surface area contributed by atoms with E-state index in [4.69, 9.17) is 21.1 Å². The summed E-state index contributed by atoms with van der Waals surface area (Å²) in [6.45, 7) is 8.61. The van der Waals surface area contributed by atoms with Gasteiger partial charge < -0.3 is 14.5 Å². The van der Waals surface area contributed by atoms with E-state index in [-0.39, 0.29) is 0 Å². The molecule has 0 atom stereocenters. The minimum absolute atomic E-state index is 0.306. The van der Waals surface area contributed by atoms with E-state index in [1.54, 1.807) is 6.08 Å². The summed E-state index contributed by atoms with van der Waals surface area (Å²) in [5, 5.41) is 10.5. The zero-order chi connectivity index (χ0) is 24.8. The SMILES string of the molecule is C=CCc1cc(/C=C(/C#N)c2nc3ccc(C)cc3[nH]2)cc(OCC)c1OCc1ccccc1Cl. The maximum atomic E-state index is 9.89. The van der Waals surface area contributed by atoms with Crippen LogP contribution >= 0.6 is 11.6 Å². The van der Waals surface area contributed by atoms with Gasteiger partial charge in [0, 0.05) is 16.1 Å². The lowest BCUT2D eigenvalue weighted by Crippen LogP contribution is -2.04. The Morgan fingerprint density at radius 1 is 1.14 bits per heavy atom. The summed E-state index contributed by atoms with van der Waals surface area (Å²) in [7, 11) is 0. The van der Waals surface area contributed by atoms with Gasteiger partial charge in [0.15, 0.2) is 11.5 Å². The zero-order valence-electron chi connectivity index (χ0n) is 19.8. The molecular formula is C29H26ClN3O2. The van der Waals surface area contributed by atoms with Gasteiger partial charge in [0.1, 0.15) is 18.5 Å². The van der Waals surface area contributed by atoms with Crippen molar-refractivity contribution in [3.8, 4) is 17.6 Å². The Balaban J connectivity index is 1.73. The standard InChI is InChI=1S/C29H26ClN3O2/c1-4-8-21-14-20(15-23(17-31)29-32-25-12-11-19(3)13-26(25)33-29)16-27(34-5-2)28(21)35-18-22-9-6-7-10-24(22)30/h4,6-7,9-16H,1,5,8,18H2,2-3H3,(H,32,33)/b23-15-. The average Bonchev–Trinajstić information content (AvgIpc) is 3.26. The molecule has 4 aromatic rings. The zero-order valence-corrected chi connectivity index (χ0v) is 20.5.